The summed E-state index contributed by atoms with van der Waals surface area (Å²) < 4.78 is 0. The average Bonchev–Trinajstić information content (AvgIpc) is 2.34. The Bertz CT molecular complexity index is 512. The van der Waals surface area contributed by atoms with E-state index in [1.165, 1.54) is 4.90 Å². The predicted molar refractivity (Wildman–Crippen MR) is 73.8 cm³/mol. The highest BCUT2D eigenvalue weighted by Crippen LogP contribution is 2.13. The topological polar surface area (TPSA) is 60.8 Å². The maximum absolute atomic E-state index is 12.3. The largest absolute Gasteiger partial charge is 0.392 e. The average molecular weight is 261 g/mol. The van der Waals surface area contributed by atoms with Crippen molar-refractivity contribution in [2.45, 2.75) is 20.0 Å². The van der Waals surface area contributed by atoms with Crippen LogP contribution >= 0.6 is 0 Å². The molecule has 0 heterocycles. The highest BCUT2D eigenvalue weighted by atomic mass is 16.3. The zero-order chi connectivity index (χ0) is 14.4. The minimum atomic E-state index is -0.577. The second kappa shape index (κ2) is 6.93. The number of rotatable bonds is 3. The van der Waals surface area contributed by atoms with E-state index in [-0.39, 0.29) is 19.1 Å². The van der Waals surface area contributed by atoms with Crippen LogP contribution in [0.25, 0.3) is 0 Å². The smallest absolute Gasteiger partial charge is 0.254 e. The first-order valence-electron chi connectivity index (χ1n) is 6.09. The van der Waals surface area contributed by atoms with Crippen molar-refractivity contribution in [2.75, 3.05) is 20.2 Å². The zero-order valence-corrected chi connectivity index (χ0v) is 11.5. The normalized spacial score (nSPS) is 11.4. The lowest BCUT2D eigenvalue weighted by atomic mass is 10.0. The van der Waals surface area contributed by atoms with E-state index in [4.69, 9.17) is 5.11 Å². The summed E-state index contributed by atoms with van der Waals surface area (Å²) in [6.07, 6.45) is -0.577. The molecule has 102 valence electrons. The van der Waals surface area contributed by atoms with Crippen LogP contribution in [0, 0.1) is 18.8 Å². The number of amides is 1. The standard InChI is InChI=1S/C15H19NO3/c1-11-6-7-14(13(9-11)5-4-8-17)15(19)16(3)10-12(2)18/h6-7,9,12,17-18H,8,10H2,1-3H3. The van der Waals surface area contributed by atoms with Gasteiger partial charge in [0.2, 0.25) is 0 Å². The van der Waals surface area contributed by atoms with Crippen molar-refractivity contribution < 1.29 is 15.0 Å². The van der Waals surface area contributed by atoms with Gasteiger partial charge in [-0.05, 0) is 31.5 Å². The molecule has 0 aromatic heterocycles. The van der Waals surface area contributed by atoms with Crippen LogP contribution in [0.15, 0.2) is 18.2 Å². The zero-order valence-electron chi connectivity index (χ0n) is 11.5. The van der Waals surface area contributed by atoms with Gasteiger partial charge < -0.3 is 15.1 Å². The molecule has 0 spiro atoms. The molecule has 4 heteroatoms. The number of aliphatic hydroxyl groups is 2. The van der Waals surface area contributed by atoms with Crippen molar-refractivity contribution in [3.05, 3.63) is 34.9 Å². The van der Waals surface area contributed by atoms with Crippen molar-refractivity contribution in [1.29, 1.82) is 0 Å². The van der Waals surface area contributed by atoms with Crippen molar-refractivity contribution in [3.8, 4) is 11.8 Å². The molecule has 0 aliphatic carbocycles. The molecule has 1 unspecified atom stereocenters. The van der Waals surface area contributed by atoms with Crippen LogP contribution in [-0.4, -0.2) is 47.3 Å². The van der Waals surface area contributed by atoms with Crippen LogP contribution in [0.4, 0.5) is 0 Å². The highest BCUT2D eigenvalue weighted by molar-refractivity contribution is 5.96. The fraction of sp³-hybridized carbons (Fsp3) is 0.400. The van der Waals surface area contributed by atoms with Gasteiger partial charge in [-0.3, -0.25) is 4.79 Å². The van der Waals surface area contributed by atoms with Gasteiger partial charge in [-0.2, -0.15) is 0 Å². The van der Waals surface area contributed by atoms with Crippen LogP contribution in [0.2, 0.25) is 0 Å². The molecule has 1 rings (SSSR count). The monoisotopic (exact) mass is 261 g/mol. The van der Waals surface area contributed by atoms with Gasteiger partial charge >= 0.3 is 0 Å². The first-order chi connectivity index (χ1) is 8.95. The van der Waals surface area contributed by atoms with Gasteiger partial charge in [-0.1, -0.05) is 17.9 Å². The Hall–Kier alpha value is -1.83. The number of nitrogens with zero attached hydrogens (tertiary/aromatic N) is 1. The Morgan fingerprint density at radius 3 is 2.74 bits per heavy atom. The number of hydrogen-bond acceptors (Lipinski definition) is 3. The van der Waals surface area contributed by atoms with Gasteiger partial charge in [0.05, 0.1) is 11.7 Å². The van der Waals surface area contributed by atoms with Gasteiger partial charge in [0.15, 0.2) is 0 Å². The third kappa shape index (κ3) is 4.40. The Labute approximate surface area is 113 Å². The SMILES string of the molecule is Cc1ccc(C(=O)N(C)CC(C)O)c(C#CCO)c1. The molecule has 1 atom stereocenters. The predicted octanol–water partition coefficient (Wildman–Crippen LogP) is 0.792. The quantitative estimate of drug-likeness (QED) is 0.791. The second-order valence-electron chi connectivity index (χ2n) is 4.54. The molecule has 0 radical (unpaired) electrons. The van der Waals surface area contributed by atoms with Crippen molar-refractivity contribution >= 4 is 5.91 Å². The third-order valence-electron chi connectivity index (χ3n) is 2.59. The van der Waals surface area contributed by atoms with Crippen LogP contribution in [0.1, 0.15) is 28.4 Å². The van der Waals surface area contributed by atoms with E-state index in [1.54, 1.807) is 20.0 Å². The minimum absolute atomic E-state index is 0.192. The molecule has 0 aliphatic rings. The summed E-state index contributed by atoms with van der Waals surface area (Å²) >= 11 is 0. The maximum atomic E-state index is 12.3. The van der Waals surface area contributed by atoms with Crippen molar-refractivity contribution in [1.82, 2.24) is 4.90 Å². The molecule has 0 fully saturated rings. The van der Waals surface area contributed by atoms with Gasteiger partial charge in [0.1, 0.15) is 6.61 Å². The Morgan fingerprint density at radius 2 is 2.16 bits per heavy atom. The van der Waals surface area contributed by atoms with Crippen LogP contribution < -0.4 is 0 Å². The maximum Gasteiger partial charge on any atom is 0.254 e. The summed E-state index contributed by atoms with van der Waals surface area (Å²) in [5.41, 5.74) is 2.07. The molecule has 2 N–H and O–H groups in total. The Balaban J connectivity index is 3.08. The van der Waals surface area contributed by atoms with E-state index in [0.29, 0.717) is 11.1 Å². The van der Waals surface area contributed by atoms with Crippen LogP contribution in [0.5, 0.6) is 0 Å². The fourth-order valence-electron chi connectivity index (χ4n) is 1.77. The highest BCUT2D eigenvalue weighted by Gasteiger charge is 2.16. The van der Waals surface area contributed by atoms with Crippen molar-refractivity contribution in [3.63, 3.8) is 0 Å². The van der Waals surface area contributed by atoms with Gasteiger partial charge in [-0.15, -0.1) is 0 Å². The van der Waals surface area contributed by atoms with E-state index >= 15 is 0 Å². The van der Waals surface area contributed by atoms with E-state index in [2.05, 4.69) is 11.8 Å². The van der Waals surface area contributed by atoms with Gasteiger partial charge in [0.25, 0.3) is 5.91 Å². The first-order valence-corrected chi connectivity index (χ1v) is 6.09. The summed E-state index contributed by atoms with van der Waals surface area (Å²) in [4.78, 5) is 13.7. The Kier molecular flexibility index (Phi) is 5.56. The molecule has 4 nitrogen and oxygen atoms in total. The molecule has 0 bridgehead atoms. The van der Waals surface area contributed by atoms with Crippen molar-refractivity contribution in [2.24, 2.45) is 0 Å². The molecular formula is C15H19NO3. The molecule has 1 amide bonds. The minimum Gasteiger partial charge on any atom is -0.392 e. The molecule has 0 saturated carbocycles. The lowest BCUT2D eigenvalue weighted by Crippen LogP contribution is -2.33. The summed E-state index contributed by atoms with van der Waals surface area (Å²) in [6, 6.07) is 5.37. The number of carbonyl (C=O) groups is 1. The first kappa shape index (κ1) is 15.2. The number of aryl methyl sites for hydroxylation is 1. The van der Waals surface area contributed by atoms with E-state index in [1.807, 2.05) is 19.1 Å². The number of likely N-dealkylation sites (N-methyl/N-ethyl adjacent to an activating group) is 1. The molecule has 1 aromatic carbocycles. The summed E-state index contributed by atoms with van der Waals surface area (Å²) in [5.74, 6) is 5.14. The second-order valence-corrected chi connectivity index (χ2v) is 4.54. The van der Waals surface area contributed by atoms with Gasteiger partial charge in [0, 0.05) is 19.2 Å². The number of carbonyl (C=O) groups excluding carboxylic acids is 1. The molecule has 1 aromatic rings. The summed E-state index contributed by atoms with van der Waals surface area (Å²) in [6.45, 7) is 3.56. The molecule has 0 aliphatic heterocycles. The lowest BCUT2D eigenvalue weighted by molar-refractivity contribution is 0.0703. The van der Waals surface area contributed by atoms with Gasteiger partial charge in [-0.25, -0.2) is 0 Å². The lowest BCUT2D eigenvalue weighted by Gasteiger charge is -2.19. The molecular weight excluding hydrogens is 242 g/mol. The third-order valence-corrected chi connectivity index (χ3v) is 2.59. The van der Waals surface area contributed by atoms with E-state index < -0.39 is 6.10 Å². The van der Waals surface area contributed by atoms with Crippen LogP contribution in [-0.2, 0) is 0 Å². The number of aliphatic hydroxyl groups excluding tert-OH is 2. The fourth-order valence-corrected chi connectivity index (χ4v) is 1.77. The van der Waals surface area contributed by atoms with Crippen LogP contribution in [0.3, 0.4) is 0 Å². The van der Waals surface area contributed by atoms with E-state index in [9.17, 15) is 9.90 Å². The Morgan fingerprint density at radius 1 is 1.47 bits per heavy atom. The summed E-state index contributed by atoms with van der Waals surface area (Å²) in [7, 11) is 1.64. The molecule has 19 heavy (non-hydrogen) atoms. The number of benzene rings is 1. The molecule has 0 saturated heterocycles. The van der Waals surface area contributed by atoms with E-state index in [0.717, 1.165) is 5.56 Å². The summed E-state index contributed by atoms with van der Waals surface area (Å²) in [5, 5.41) is 18.1. The number of hydrogen-bond donors (Lipinski definition) is 2.